The molecule has 0 aliphatic carbocycles. The molecule has 6 heteroatoms. The maximum absolute atomic E-state index is 13.9. The highest BCUT2D eigenvalue weighted by Gasteiger charge is 2.26. The van der Waals surface area contributed by atoms with Crippen LogP contribution in [0.25, 0.3) is 0 Å². The van der Waals surface area contributed by atoms with Crippen molar-refractivity contribution in [3.8, 4) is 0 Å². The fraction of sp³-hybridized carbons (Fsp3) is 0.308. The molecule has 1 atom stereocenters. The summed E-state index contributed by atoms with van der Waals surface area (Å²) in [5.74, 6) is -0.894. The Morgan fingerprint density at radius 3 is 2.84 bits per heavy atom. The predicted molar refractivity (Wildman–Crippen MR) is 67.2 cm³/mol. The lowest BCUT2D eigenvalue weighted by Gasteiger charge is -2.19. The molecule has 2 aliphatic heterocycles. The first kappa shape index (κ1) is 11.8. The number of hydrogen-bond acceptors (Lipinski definition) is 3. The number of nitrogens with one attached hydrogen (secondary N) is 2. The van der Waals surface area contributed by atoms with Crippen molar-refractivity contribution in [3.05, 3.63) is 29.1 Å². The number of hydrazone groups is 1. The molecule has 0 fully saturated rings. The van der Waals surface area contributed by atoms with Crippen LogP contribution in [0.1, 0.15) is 24.5 Å². The van der Waals surface area contributed by atoms with Gasteiger partial charge in [0.05, 0.1) is 17.8 Å². The summed E-state index contributed by atoms with van der Waals surface area (Å²) in [5, 5.41) is 6.48. The standard InChI is InChI=1S/C13H12FN3O2/c1-6-2-11(19)16-17-12(6)7-3-8-5-10(18)15-13(8)9(14)4-7/h3-4,6H,2,5H2,1H3,(H,15,18)(H,16,19). The fourth-order valence-electron chi connectivity index (χ4n) is 2.45. The zero-order valence-corrected chi connectivity index (χ0v) is 10.3. The van der Waals surface area contributed by atoms with E-state index in [0.717, 1.165) is 0 Å². The van der Waals surface area contributed by atoms with Crippen LogP contribution in [0.3, 0.4) is 0 Å². The third-order valence-electron chi connectivity index (χ3n) is 3.34. The maximum Gasteiger partial charge on any atom is 0.240 e. The lowest BCUT2D eigenvalue weighted by molar-refractivity contribution is -0.122. The molecule has 2 aliphatic rings. The third kappa shape index (κ3) is 1.99. The van der Waals surface area contributed by atoms with E-state index in [1.165, 1.54) is 6.07 Å². The minimum atomic E-state index is -0.467. The Morgan fingerprint density at radius 2 is 2.11 bits per heavy atom. The molecular weight excluding hydrogens is 249 g/mol. The SMILES string of the molecule is CC1CC(=O)NN=C1c1cc(F)c2c(c1)CC(=O)N2. The van der Waals surface area contributed by atoms with Crippen LogP contribution in [0, 0.1) is 11.7 Å². The van der Waals surface area contributed by atoms with Crippen LogP contribution < -0.4 is 10.7 Å². The Kier molecular flexibility index (Phi) is 2.58. The van der Waals surface area contributed by atoms with Gasteiger partial charge in [0.1, 0.15) is 5.82 Å². The van der Waals surface area contributed by atoms with Gasteiger partial charge in [0, 0.05) is 17.9 Å². The van der Waals surface area contributed by atoms with Gasteiger partial charge in [-0.1, -0.05) is 6.92 Å². The molecule has 19 heavy (non-hydrogen) atoms. The molecule has 0 saturated heterocycles. The van der Waals surface area contributed by atoms with Gasteiger partial charge in [0.2, 0.25) is 11.8 Å². The van der Waals surface area contributed by atoms with Gasteiger partial charge >= 0.3 is 0 Å². The average Bonchev–Trinajstić information content (AvgIpc) is 2.70. The first-order chi connectivity index (χ1) is 9.04. The van der Waals surface area contributed by atoms with E-state index < -0.39 is 5.82 Å². The predicted octanol–water partition coefficient (Wildman–Crippen LogP) is 1.18. The van der Waals surface area contributed by atoms with E-state index in [2.05, 4.69) is 15.8 Å². The van der Waals surface area contributed by atoms with Crippen LogP contribution in [0.5, 0.6) is 0 Å². The molecule has 1 aromatic rings. The summed E-state index contributed by atoms with van der Waals surface area (Å²) in [6.45, 7) is 1.87. The monoisotopic (exact) mass is 261 g/mol. The van der Waals surface area contributed by atoms with Crippen molar-refractivity contribution in [2.45, 2.75) is 19.8 Å². The molecule has 0 aromatic heterocycles. The molecule has 5 nitrogen and oxygen atoms in total. The van der Waals surface area contributed by atoms with Gasteiger partial charge in [-0.15, -0.1) is 0 Å². The van der Waals surface area contributed by atoms with E-state index >= 15 is 0 Å². The molecular formula is C13H12FN3O2. The topological polar surface area (TPSA) is 70.6 Å². The van der Waals surface area contributed by atoms with Crippen molar-refractivity contribution in [1.29, 1.82) is 0 Å². The first-order valence-electron chi connectivity index (χ1n) is 6.03. The van der Waals surface area contributed by atoms with E-state index in [1.54, 1.807) is 6.07 Å². The lowest BCUT2D eigenvalue weighted by Crippen LogP contribution is -2.32. The summed E-state index contributed by atoms with van der Waals surface area (Å²) in [6.07, 6.45) is 0.503. The normalized spacial score (nSPS) is 21.6. The second-order valence-electron chi connectivity index (χ2n) is 4.85. The minimum absolute atomic E-state index is 0.0729. The largest absolute Gasteiger partial charge is 0.323 e. The molecule has 0 radical (unpaired) electrons. The number of halogens is 1. The summed E-state index contributed by atoms with van der Waals surface area (Å²) in [4.78, 5) is 22.5. The number of fused-ring (bicyclic) bond motifs is 1. The summed E-state index contributed by atoms with van der Waals surface area (Å²) >= 11 is 0. The van der Waals surface area contributed by atoms with E-state index in [-0.39, 0.29) is 29.8 Å². The number of carbonyl (C=O) groups excluding carboxylic acids is 2. The van der Waals surface area contributed by atoms with Crippen molar-refractivity contribution in [1.82, 2.24) is 5.43 Å². The Morgan fingerprint density at radius 1 is 1.32 bits per heavy atom. The number of carbonyl (C=O) groups is 2. The molecule has 2 amide bonds. The highest BCUT2D eigenvalue weighted by Crippen LogP contribution is 2.29. The zero-order valence-electron chi connectivity index (χ0n) is 10.3. The molecule has 2 N–H and O–H groups in total. The number of rotatable bonds is 1. The van der Waals surface area contributed by atoms with E-state index in [1.807, 2.05) is 6.92 Å². The molecule has 0 saturated carbocycles. The highest BCUT2D eigenvalue weighted by atomic mass is 19.1. The quantitative estimate of drug-likeness (QED) is 0.797. The first-order valence-corrected chi connectivity index (χ1v) is 6.03. The van der Waals surface area contributed by atoms with Crippen molar-refractivity contribution in [2.75, 3.05) is 5.32 Å². The summed E-state index contributed by atoms with van der Waals surface area (Å²) in [5.41, 5.74) is 4.53. The zero-order chi connectivity index (χ0) is 13.6. The summed E-state index contributed by atoms with van der Waals surface area (Å²) in [7, 11) is 0. The second-order valence-corrected chi connectivity index (χ2v) is 4.85. The number of amides is 2. The van der Waals surface area contributed by atoms with Gasteiger partial charge < -0.3 is 5.32 Å². The van der Waals surface area contributed by atoms with Crippen molar-refractivity contribution >= 4 is 23.2 Å². The highest BCUT2D eigenvalue weighted by molar-refractivity contribution is 6.07. The summed E-state index contributed by atoms with van der Waals surface area (Å²) in [6, 6.07) is 3.10. The number of benzene rings is 1. The Labute approximate surface area is 108 Å². The second kappa shape index (κ2) is 4.15. The van der Waals surface area contributed by atoms with Gasteiger partial charge in [-0.3, -0.25) is 9.59 Å². The van der Waals surface area contributed by atoms with E-state index in [0.29, 0.717) is 23.3 Å². The van der Waals surface area contributed by atoms with Crippen LogP contribution in [0.15, 0.2) is 17.2 Å². The molecule has 3 rings (SSSR count). The van der Waals surface area contributed by atoms with Crippen molar-refractivity contribution < 1.29 is 14.0 Å². The molecule has 1 aromatic carbocycles. The van der Waals surface area contributed by atoms with Crippen LogP contribution in [0.4, 0.5) is 10.1 Å². The van der Waals surface area contributed by atoms with Crippen LogP contribution in [0.2, 0.25) is 0 Å². The average molecular weight is 261 g/mol. The number of nitrogens with zero attached hydrogens (tertiary/aromatic N) is 1. The van der Waals surface area contributed by atoms with Gasteiger partial charge in [0.25, 0.3) is 0 Å². The van der Waals surface area contributed by atoms with Gasteiger partial charge in [-0.05, 0) is 17.7 Å². The molecule has 98 valence electrons. The van der Waals surface area contributed by atoms with E-state index in [9.17, 15) is 14.0 Å². The fourth-order valence-corrected chi connectivity index (χ4v) is 2.45. The Balaban J connectivity index is 2.03. The Hall–Kier alpha value is -2.24. The number of anilines is 1. The maximum atomic E-state index is 13.9. The molecule has 0 bridgehead atoms. The van der Waals surface area contributed by atoms with Gasteiger partial charge in [-0.2, -0.15) is 5.10 Å². The van der Waals surface area contributed by atoms with Crippen molar-refractivity contribution in [3.63, 3.8) is 0 Å². The minimum Gasteiger partial charge on any atom is -0.323 e. The third-order valence-corrected chi connectivity index (χ3v) is 3.34. The van der Waals surface area contributed by atoms with Crippen LogP contribution in [-0.2, 0) is 16.0 Å². The lowest BCUT2D eigenvalue weighted by atomic mass is 9.92. The van der Waals surface area contributed by atoms with E-state index in [4.69, 9.17) is 0 Å². The summed E-state index contributed by atoms with van der Waals surface area (Å²) < 4.78 is 13.9. The van der Waals surface area contributed by atoms with Crippen LogP contribution in [-0.4, -0.2) is 17.5 Å². The number of hydrogen-bond donors (Lipinski definition) is 2. The van der Waals surface area contributed by atoms with Gasteiger partial charge in [-0.25, -0.2) is 9.82 Å². The van der Waals surface area contributed by atoms with Gasteiger partial charge in [0.15, 0.2) is 0 Å². The van der Waals surface area contributed by atoms with Crippen LogP contribution >= 0.6 is 0 Å². The molecule has 1 unspecified atom stereocenters. The van der Waals surface area contributed by atoms with Crippen molar-refractivity contribution in [2.24, 2.45) is 11.0 Å². The molecule has 0 spiro atoms. The smallest absolute Gasteiger partial charge is 0.240 e. The molecule has 2 heterocycles. The Bertz CT molecular complexity index is 625.